The van der Waals surface area contributed by atoms with Crippen molar-refractivity contribution in [3.8, 4) is 0 Å². The van der Waals surface area contributed by atoms with Gasteiger partial charge in [0.1, 0.15) is 0 Å². The minimum absolute atomic E-state index is 0.481. The van der Waals surface area contributed by atoms with Crippen LogP contribution in [0.5, 0.6) is 0 Å². The topological polar surface area (TPSA) is 12.0 Å². The van der Waals surface area contributed by atoms with Crippen molar-refractivity contribution in [3.05, 3.63) is 34.3 Å². The maximum absolute atomic E-state index is 3.86. The van der Waals surface area contributed by atoms with Crippen molar-refractivity contribution in [2.45, 2.75) is 64.5 Å². The normalized spacial score (nSPS) is 20.2. The lowest BCUT2D eigenvalue weighted by molar-refractivity contribution is 0.262. The Hall–Kier alpha value is -0.340. The van der Waals surface area contributed by atoms with Crippen molar-refractivity contribution >= 4 is 15.9 Å². The maximum atomic E-state index is 3.86. The quantitative estimate of drug-likeness (QED) is 0.758. The van der Waals surface area contributed by atoms with Gasteiger partial charge in [-0.2, -0.15) is 0 Å². The molecule has 19 heavy (non-hydrogen) atoms. The Morgan fingerprint density at radius 2 is 2.00 bits per heavy atom. The van der Waals surface area contributed by atoms with Gasteiger partial charge in [0.05, 0.1) is 0 Å². The second-order valence-electron chi connectivity index (χ2n) is 5.87. The molecule has 0 bridgehead atoms. The monoisotopic (exact) mass is 323 g/mol. The van der Waals surface area contributed by atoms with Gasteiger partial charge in [-0.05, 0) is 49.8 Å². The van der Waals surface area contributed by atoms with E-state index in [2.05, 4.69) is 59.4 Å². The van der Waals surface area contributed by atoms with Gasteiger partial charge in [0.25, 0.3) is 0 Å². The van der Waals surface area contributed by atoms with Crippen LogP contribution in [0.2, 0.25) is 0 Å². The van der Waals surface area contributed by atoms with E-state index in [0.717, 1.165) is 12.3 Å². The standard InChI is InChI=1S/C17H26BrN/c1-3-17(15-10-7-11-16(18)12-15)19-13(2)14-8-5-4-6-9-14/h7,10-14,17,19H,3-6,8-9H2,1-2H3/t13-,17?/m1/s1. The fourth-order valence-electron chi connectivity index (χ4n) is 3.26. The first-order valence-corrected chi connectivity index (χ1v) is 8.51. The van der Waals surface area contributed by atoms with Gasteiger partial charge in [-0.25, -0.2) is 0 Å². The second kappa shape index (κ2) is 7.44. The lowest BCUT2D eigenvalue weighted by Crippen LogP contribution is -2.37. The lowest BCUT2D eigenvalue weighted by Gasteiger charge is -2.31. The highest BCUT2D eigenvalue weighted by Crippen LogP contribution is 2.28. The van der Waals surface area contributed by atoms with Gasteiger partial charge in [0.2, 0.25) is 0 Å². The molecule has 0 heterocycles. The van der Waals surface area contributed by atoms with E-state index in [0.29, 0.717) is 12.1 Å². The van der Waals surface area contributed by atoms with Crippen molar-refractivity contribution in [2.24, 2.45) is 5.92 Å². The summed E-state index contributed by atoms with van der Waals surface area (Å²) < 4.78 is 1.18. The molecule has 1 aromatic carbocycles. The number of nitrogens with one attached hydrogen (secondary N) is 1. The SMILES string of the molecule is CCC(N[C@H](C)C1CCCCC1)c1cccc(Br)c1. The van der Waals surface area contributed by atoms with E-state index in [-0.39, 0.29) is 0 Å². The van der Waals surface area contributed by atoms with Crippen molar-refractivity contribution in [1.82, 2.24) is 5.32 Å². The zero-order valence-corrected chi connectivity index (χ0v) is 13.7. The first-order chi connectivity index (χ1) is 9.20. The van der Waals surface area contributed by atoms with Crippen LogP contribution in [0.4, 0.5) is 0 Å². The Bertz CT molecular complexity index is 385. The molecule has 0 spiro atoms. The molecule has 2 rings (SSSR count). The van der Waals surface area contributed by atoms with Gasteiger partial charge >= 0.3 is 0 Å². The van der Waals surface area contributed by atoms with E-state index in [1.807, 2.05) is 0 Å². The zero-order valence-electron chi connectivity index (χ0n) is 12.2. The Kier molecular flexibility index (Phi) is 5.90. The van der Waals surface area contributed by atoms with Crippen LogP contribution in [-0.2, 0) is 0 Å². The molecule has 1 nitrogen and oxygen atoms in total. The Balaban J connectivity index is 1.98. The fourth-order valence-corrected chi connectivity index (χ4v) is 3.68. The molecule has 1 fully saturated rings. The van der Waals surface area contributed by atoms with Gasteiger partial charge in [-0.1, -0.05) is 54.2 Å². The largest absolute Gasteiger partial charge is 0.307 e. The minimum Gasteiger partial charge on any atom is -0.307 e. The van der Waals surface area contributed by atoms with Gasteiger partial charge in [0.15, 0.2) is 0 Å². The van der Waals surface area contributed by atoms with Crippen LogP contribution in [0.1, 0.15) is 64.0 Å². The highest BCUT2D eigenvalue weighted by Gasteiger charge is 2.22. The summed E-state index contributed by atoms with van der Waals surface area (Å²) in [6, 6.07) is 9.82. The van der Waals surface area contributed by atoms with Crippen LogP contribution < -0.4 is 5.32 Å². The van der Waals surface area contributed by atoms with Crippen LogP contribution >= 0.6 is 15.9 Å². The molecule has 0 saturated heterocycles. The number of hydrogen-bond donors (Lipinski definition) is 1. The van der Waals surface area contributed by atoms with Crippen LogP contribution in [0.25, 0.3) is 0 Å². The molecule has 1 N–H and O–H groups in total. The molecule has 1 aromatic rings. The summed E-state index contributed by atoms with van der Waals surface area (Å²) in [4.78, 5) is 0. The third-order valence-corrected chi connectivity index (χ3v) is 4.97. The zero-order chi connectivity index (χ0) is 13.7. The third kappa shape index (κ3) is 4.32. The second-order valence-corrected chi connectivity index (χ2v) is 6.78. The number of rotatable bonds is 5. The smallest absolute Gasteiger partial charge is 0.0320 e. The molecule has 0 radical (unpaired) electrons. The predicted molar refractivity (Wildman–Crippen MR) is 86.3 cm³/mol. The summed E-state index contributed by atoms with van der Waals surface area (Å²) in [7, 11) is 0. The number of hydrogen-bond acceptors (Lipinski definition) is 1. The van der Waals surface area contributed by atoms with E-state index in [9.17, 15) is 0 Å². The molecule has 2 heteroatoms. The Morgan fingerprint density at radius 3 is 2.63 bits per heavy atom. The van der Waals surface area contributed by atoms with Crippen LogP contribution in [0.3, 0.4) is 0 Å². The molecule has 106 valence electrons. The lowest BCUT2D eigenvalue weighted by atomic mass is 9.84. The average Bonchev–Trinajstić information content (AvgIpc) is 2.45. The average molecular weight is 324 g/mol. The fraction of sp³-hybridized carbons (Fsp3) is 0.647. The van der Waals surface area contributed by atoms with Gasteiger partial charge in [-0.15, -0.1) is 0 Å². The molecule has 0 aliphatic heterocycles. The molecular formula is C17H26BrN. The van der Waals surface area contributed by atoms with E-state index in [1.165, 1.54) is 42.1 Å². The number of benzene rings is 1. The Morgan fingerprint density at radius 1 is 1.26 bits per heavy atom. The minimum atomic E-state index is 0.481. The summed E-state index contributed by atoms with van der Waals surface area (Å²) in [6.07, 6.45) is 8.24. The van der Waals surface area contributed by atoms with E-state index in [4.69, 9.17) is 0 Å². The number of halogens is 1. The van der Waals surface area contributed by atoms with Crippen LogP contribution in [0, 0.1) is 5.92 Å². The van der Waals surface area contributed by atoms with E-state index in [1.54, 1.807) is 0 Å². The van der Waals surface area contributed by atoms with Gasteiger partial charge in [0, 0.05) is 16.6 Å². The molecule has 1 aliphatic carbocycles. The molecule has 0 amide bonds. The summed E-state index contributed by atoms with van der Waals surface area (Å²) >= 11 is 3.57. The first-order valence-electron chi connectivity index (χ1n) is 7.72. The summed E-state index contributed by atoms with van der Waals surface area (Å²) in [6.45, 7) is 4.64. The van der Waals surface area contributed by atoms with Crippen LogP contribution in [-0.4, -0.2) is 6.04 Å². The van der Waals surface area contributed by atoms with E-state index < -0.39 is 0 Å². The molecule has 2 atom stereocenters. The third-order valence-electron chi connectivity index (χ3n) is 4.48. The maximum Gasteiger partial charge on any atom is 0.0320 e. The first kappa shape index (κ1) is 15.1. The molecule has 1 saturated carbocycles. The van der Waals surface area contributed by atoms with Crippen molar-refractivity contribution in [1.29, 1.82) is 0 Å². The van der Waals surface area contributed by atoms with E-state index >= 15 is 0 Å². The Labute approximate surface area is 126 Å². The molecule has 0 aromatic heterocycles. The molecule has 1 aliphatic rings. The summed E-state index contributed by atoms with van der Waals surface area (Å²) in [5.41, 5.74) is 1.40. The van der Waals surface area contributed by atoms with Gasteiger partial charge < -0.3 is 5.32 Å². The summed E-state index contributed by atoms with van der Waals surface area (Å²) in [5.74, 6) is 0.870. The highest BCUT2D eigenvalue weighted by molar-refractivity contribution is 9.10. The van der Waals surface area contributed by atoms with Gasteiger partial charge in [-0.3, -0.25) is 0 Å². The predicted octanol–water partition coefficient (Wildman–Crippen LogP) is 5.46. The van der Waals surface area contributed by atoms with Crippen molar-refractivity contribution < 1.29 is 0 Å². The van der Waals surface area contributed by atoms with Crippen molar-refractivity contribution in [2.75, 3.05) is 0 Å². The highest BCUT2D eigenvalue weighted by atomic mass is 79.9. The summed E-state index contributed by atoms with van der Waals surface area (Å²) in [5, 5.41) is 3.86. The molecule has 1 unspecified atom stereocenters. The van der Waals surface area contributed by atoms with Crippen molar-refractivity contribution in [3.63, 3.8) is 0 Å². The molecular weight excluding hydrogens is 298 g/mol. The van der Waals surface area contributed by atoms with Crippen LogP contribution in [0.15, 0.2) is 28.7 Å².